The second-order valence-corrected chi connectivity index (χ2v) is 5.88. The van der Waals surface area contributed by atoms with Gasteiger partial charge in [-0.05, 0) is 37.0 Å². The average molecular weight is 316 g/mol. The van der Waals surface area contributed by atoms with Gasteiger partial charge in [-0.2, -0.15) is 0 Å². The van der Waals surface area contributed by atoms with Crippen molar-refractivity contribution in [1.82, 2.24) is 20.3 Å². The van der Waals surface area contributed by atoms with Gasteiger partial charge >= 0.3 is 5.97 Å². The summed E-state index contributed by atoms with van der Waals surface area (Å²) >= 11 is 0. The first-order valence-electron chi connectivity index (χ1n) is 7.40. The van der Waals surface area contributed by atoms with Gasteiger partial charge in [0.25, 0.3) is 5.91 Å². The fourth-order valence-corrected chi connectivity index (χ4v) is 2.19. The van der Waals surface area contributed by atoms with Gasteiger partial charge in [0.2, 0.25) is 0 Å². The van der Waals surface area contributed by atoms with Gasteiger partial charge in [0.15, 0.2) is 5.69 Å². The van der Waals surface area contributed by atoms with E-state index in [4.69, 9.17) is 0 Å². The molecule has 2 N–H and O–H groups in total. The highest BCUT2D eigenvalue weighted by Gasteiger charge is 2.23. The molecule has 1 amide bonds. The summed E-state index contributed by atoms with van der Waals surface area (Å²) in [6.45, 7) is 5.75. The lowest BCUT2D eigenvalue weighted by molar-refractivity contribution is -0.139. The van der Waals surface area contributed by atoms with Crippen LogP contribution in [-0.4, -0.2) is 38.0 Å². The number of nitrogens with zero attached hydrogens (tertiary/aromatic N) is 3. The van der Waals surface area contributed by atoms with E-state index < -0.39 is 17.9 Å². The number of aromatic nitrogens is 3. The molecule has 1 aromatic carbocycles. The number of carboxylic acids is 1. The fourth-order valence-electron chi connectivity index (χ4n) is 2.19. The van der Waals surface area contributed by atoms with E-state index in [1.54, 1.807) is 0 Å². The van der Waals surface area contributed by atoms with Crippen molar-refractivity contribution >= 4 is 11.9 Å². The van der Waals surface area contributed by atoms with Gasteiger partial charge in [-0.3, -0.25) is 4.79 Å². The van der Waals surface area contributed by atoms with Crippen LogP contribution in [0.15, 0.2) is 30.5 Å². The van der Waals surface area contributed by atoms with E-state index in [-0.39, 0.29) is 11.6 Å². The Labute approximate surface area is 134 Å². The Balaban J connectivity index is 2.13. The molecule has 0 bridgehead atoms. The lowest BCUT2D eigenvalue weighted by Crippen LogP contribution is -2.41. The molecule has 0 aliphatic rings. The maximum atomic E-state index is 12.2. The molecule has 1 heterocycles. The molecule has 23 heavy (non-hydrogen) atoms. The van der Waals surface area contributed by atoms with Crippen LogP contribution in [0, 0.1) is 12.8 Å². The molecule has 1 atom stereocenters. The number of carbonyl (C=O) groups is 2. The third-order valence-corrected chi connectivity index (χ3v) is 3.30. The molecule has 0 saturated heterocycles. The summed E-state index contributed by atoms with van der Waals surface area (Å²) in [6.07, 6.45) is 1.84. The van der Waals surface area contributed by atoms with Crippen LogP contribution < -0.4 is 5.32 Å². The Kier molecular flexibility index (Phi) is 5.10. The molecule has 7 nitrogen and oxygen atoms in total. The molecule has 1 unspecified atom stereocenters. The van der Waals surface area contributed by atoms with Gasteiger partial charge < -0.3 is 10.4 Å². The average Bonchev–Trinajstić information content (AvgIpc) is 2.95. The topological polar surface area (TPSA) is 97.1 Å². The van der Waals surface area contributed by atoms with E-state index in [0.717, 1.165) is 11.3 Å². The van der Waals surface area contributed by atoms with Crippen LogP contribution in [0.1, 0.15) is 36.3 Å². The van der Waals surface area contributed by atoms with Crippen molar-refractivity contribution in [1.29, 1.82) is 0 Å². The fraction of sp³-hybridized carbons (Fsp3) is 0.375. The third kappa shape index (κ3) is 4.38. The number of aliphatic carboxylic acids is 1. The second kappa shape index (κ2) is 7.04. The quantitative estimate of drug-likeness (QED) is 0.847. The first-order chi connectivity index (χ1) is 10.9. The Morgan fingerprint density at radius 3 is 2.70 bits per heavy atom. The second-order valence-electron chi connectivity index (χ2n) is 5.88. The van der Waals surface area contributed by atoms with Crippen molar-refractivity contribution in [2.75, 3.05) is 0 Å². The summed E-state index contributed by atoms with van der Waals surface area (Å²) in [6, 6.07) is 6.66. The lowest BCUT2D eigenvalue weighted by atomic mass is 10.0. The van der Waals surface area contributed by atoms with Gasteiger partial charge in [-0.15, -0.1) is 5.10 Å². The van der Waals surface area contributed by atoms with Crippen LogP contribution in [0.5, 0.6) is 0 Å². The zero-order chi connectivity index (χ0) is 17.0. The number of aryl methyl sites for hydroxylation is 1. The molecule has 2 rings (SSSR count). The van der Waals surface area contributed by atoms with Gasteiger partial charge in [-0.1, -0.05) is 31.2 Å². The molecule has 1 aromatic heterocycles. The standard InChI is InChI=1S/C16H20N4O3/c1-10(2)7-13(16(22)23)17-15(21)14-9-20(19-18-14)12-6-4-5-11(3)8-12/h4-6,8-10,13H,7H2,1-3H3,(H,17,21)(H,22,23). The molecule has 0 fully saturated rings. The number of carboxylic acid groups (broad SMARTS) is 1. The number of carbonyl (C=O) groups excluding carboxylic acids is 1. The maximum absolute atomic E-state index is 12.2. The minimum absolute atomic E-state index is 0.0847. The first-order valence-corrected chi connectivity index (χ1v) is 7.40. The normalized spacial score (nSPS) is 12.2. The number of hydrogen-bond acceptors (Lipinski definition) is 4. The van der Waals surface area contributed by atoms with E-state index in [0.29, 0.717) is 6.42 Å². The molecule has 2 aromatic rings. The Morgan fingerprint density at radius 2 is 2.09 bits per heavy atom. The van der Waals surface area contributed by atoms with Crippen molar-refractivity contribution in [3.8, 4) is 5.69 Å². The molecule has 0 aliphatic heterocycles. The van der Waals surface area contributed by atoms with E-state index >= 15 is 0 Å². The first kappa shape index (κ1) is 16.7. The van der Waals surface area contributed by atoms with Gasteiger partial charge in [0.05, 0.1) is 11.9 Å². The van der Waals surface area contributed by atoms with Crippen LogP contribution in [0.2, 0.25) is 0 Å². The van der Waals surface area contributed by atoms with Crippen LogP contribution in [0.3, 0.4) is 0 Å². The monoisotopic (exact) mass is 316 g/mol. The molecule has 0 spiro atoms. The maximum Gasteiger partial charge on any atom is 0.326 e. The summed E-state index contributed by atoms with van der Waals surface area (Å²) in [5.41, 5.74) is 1.93. The van der Waals surface area contributed by atoms with Crippen LogP contribution >= 0.6 is 0 Å². The minimum Gasteiger partial charge on any atom is -0.480 e. The molecular formula is C16H20N4O3. The summed E-state index contributed by atoms with van der Waals surface area (Å²) in [5, 5.41) is 19.4. The van der Waals surface area contributed by atoms with Crippen molar-refractivity contribution in [2.45, 2.75) is 33.2 Å². The summed E-state index contributed by atoms with van der Waals surface area (Å²) in [5.74, 6) is -1.45. The largest absolute Gasteiger partial charge is 0.480 e. The molecule has 122 valence electrons. The van der Waals surface area contributed by atoms with E-state index in [9.17, 15) is 14.7 Å². The molecule has 0 aliphatic carbocycles. The zero-order valence-electron chi connectivity index (χ0n) is 13.4. The molecule has 0 saturated carbocycles. The Bertz CT molecular complexity index is 709. The highest BCUT2D eigenvalue weighted by Crippen LogP contribution is 2.10. The Hall–Kier alpha value is -2.70. The van der Waals surface area contributed by atoms with Gasteiger partial charge in [0.1, 0.15) is 6.04 Å². The predicted molar refractivity (Wildman–Crippen MR) is 84.4 cm³/mol. The predicted octanol–water partition coefficient (Wildman–Crippen LogP) is 1.80. The van der Waals surface area contributed by atoms with Crippen molar-refractivity contribution in [3.05, 3.63) is 41.7 Å². The lowest BCUT2D eigenvalue weighted by Gasteiger charge is -2.15. The number of nitrogens with one attached hydrogen (secondary N) is 1. The summed E-state index contributed by atoms with van der Waals surface area (Å²) in [4.78, 5) is 23.4. The van der Waals surface area contributed by atoms with Gasteiger partial charge in [-0.25, -0.2) is 9.48 Å². The highest BCUT2D eigenvalue weighted by molar-refractivity contribution is 5.94. The number of rotatable bonds is 6. The zero-order valence-corrected chi connectivity index (χ0v) is 13.4. The summed E-state index contributed by atoms with van der Waals surface area (Å²) in [7, 11) is 0. The number of amides is 1. The van der Waals surface area contributed by atoms with E-state index in [1.807, 2.05) is 45.0 Å². The molecule has 7 heteroatoms. The van der Waals surface area contributed by atoms with Crippen molar-refractivity contribution in [2.24, 2.45) is 5.92 Å². The van der Waals surface area contributed by atoms with Crippen molar-refractivity contribution in [3.63, 3.8) is 0 Å². The van der Waals surface area contributed by atoms with Gasteiger partial charge in [0, 0.05) is 0 Å². The highest BCUT2D eigenvalue weighted by atomic mass is 16.4. The number of benzene rings is 1. The molecule has 0 radical (unpaired) electrons. The Morgan fingerprint density at radius 1 is 1.35 bits per heavy atom. The SMILES string of the molecule is Cc1cccc(-n2cc(C(=O)NC(CC(C)C)C(=O)O)nn2)c1. The summed E-state index contributed by atoms with van der Waals surface area (Å²) < 4.78 is 1.49. The van der Waals surface area contributed by atoms with E-state index in [1.165, 1.54) is 10.9 Å². The molecular weight excluding hydrogens is 296 g/mol. The van der Waals surface area contributed by atoms with Crippen LogP contribution in [-0.2, 0) is 4.79 Å². The third-order valence-electron chi connectivity index (χ3n) is 3.30. The van der Waals surface area contributed by atoms with Crippen LogP contribution in [0.4, 0.5) is 0 Å². The van der Waals surface area contributed by atoms with Crippen molar-refractivity contribution < 1.29 is 14.7 Å². The smallest absolute Gasteiger partial charge is 0.326 e. The minimum atomic E-state index is -1.06. The van der Waals surface area contributed by atoms with Crippen LogP contribution in [0.25, 0.3) is 5.69 Å². The van der Waals surface area contributed by atoms with E-state index in [2.05, 4.69) is 15.6 Å². The number of hydrogen-bond donors (Lipinski definition) is 2.